The Labute approximate surface area is 117 Å². The summed E-state index contributed by atoms with van der Waals surface area (Å²) in [5, 5.41) is 0. The molecule has 0 N–H and O–H groups in total. The quantitative estimate of drug-likeness (QED) is 0.568. The van der Waals surface area contributed by atoms with Gasteiger partial charge in [0, 0.05) is 22.6 Å². The third-order valence-electron chi connectivity index (χ3n) is 3.46. The lowest BCUT2D eigenvalue weighted by Gasteiger charge is -2.04. The second-order valence-electron chi connectivity index (χ2n) is 4.97. The predicted molar refractivity (Wildman–Crippen MR) is 77.7 cm³/mol. The summed E-state index contributed by atoms with van der Waals surface area (Å²) in [5.74, 6) is 0.183. The molecule has 1 aliphatic heterocycles. The van der Waals surface area contributed by atoms with Crippen molar-refractivity contribution in [3.8, 4) is 0 Å². The molecule has 0 aliphatic carbocycles. The highest BCUT2D eigenvalue weighted by Crippen LogP contribution is 2.26. The first-order valence-electron chi connectivity index (χ1n) is 6.79. The fourth-order valence-electron chi connectivity index (χ4n) is 2.24. The summed E-state index contributed by atoms with van der Waals surface area (Å²) in [6.07, 6.45) is 6.30. The molecule has 0 aromatic heterocycles. The normalized spacial score (nSPS) is 17.9. The van der Waals surface area contributed by atoms with E-state index in [9.17, 15) is 4.79 Å². The van der Waals surface area contributed by atoms with E-state index in [1.807, 2.05) is 29.2 Å². The Bertz CT molecular complexity index is 401. The van der Waals surface area contributed by atoms with Crippen molar-refractivity contribution in [1.29, 1.82) is 0 Å². The number of rotatable bonds is 6. The minimum atomic E-state index is 0.183. The van der Waals surface area contributed by atoms with Gasteiger partial charge in [-0.15, -0.1) is 0 Å². The van der Waals surface area contributed by atoms with Crippen molar-refractivity contribution in [1.82, 2.24) is 4.90 Å². The minimum Gasteiger partial charge on any atom is -0.332 e. The Morgan fingerprint density at radius 2 is 2.00 bits per heavy atom. The van der Waals surface area contributed by atoms with Gasteiger partial charge in [-0.3, -0.25) is 4.79 Å². The molecular formula is C15H20BrNO. The van der Waals surface area contributed by atoms with Crippen LogP contribution in [-0.2, 0) is 0 Å². The third-order valence-corrected chi connectivity index (χ3v) is 3.99. The highest BCUT2D eigenvalue weighted by molar-refractivity contribution is 9.10. The summed E-state index contributed by atoms with van der Waals surface area (Å²) in [5.41, 5.74) is 0.800. The Morgan fingerprint density at radius 3 is 2.67 bits per heavy atom. The lowest BCUT2D eigenvalue weighted by atomic mass is 10.1. The molecule has 18 heavy (non-hydrogen) atoms. The summed E-state index contributed by atoms with van der Waals surface area (Å²) in [6.45, 7) is 3.17. The molecule has 1 aliphatic rings. The SMILES string of the molecule is CCCCCCC1CN1C(=O)c1ccc(Br)cc1. The van der Waals surface area contributed by atoms with Gasteiger partial charge >= 0.3 is 0 Å². The number of benzene rings is 1. The Morgan fingerprint density at radius 1 is 1.28 bits per heavy atom. The molecular weight excluding hydrogens is 290 g/mol. The fraction of sp³-hybridized carbons (Fsp3) is 0.533. The molecule has 98 valence electrons. The standard InChI is InChI=1S/C15H20BrNO/c1-2-3-4-5-6-14-11-17(14)15(18)12-7-9-13(16)10-8-12/h7-10,14H,2-6,11H2,1H3. The first kappa shape index (κ1) is 13.6. The maximum absolute atomic E-state index is 12.1. The van der Waals surface area contributed by atoms with Gasteiger partial charge in [0.2, 0.25) is 0 Å². The van der Waals surface area contributed by atoms with Gasteiger partial charge in [0.1, 0.15) is 0 Å². The maximum atomic E-state index is 12.1. The molecule has 0 saturated carbocycles. The molecule has 1 aromatic rings. The van der Waals surface area contributed by atoms with Crippen LogP contribution in [0.5, 0.6) is 0 Å². The Hall–Kier alpha value is -0.830. The number of hydrogen-bond acceptors (Lipinski definition) is 1. The number of hydrogen-bond donors (Lipinski definition) is 0. The topological polar surface area (TPSA) is 20.1 Å². The second kappa shape index (κ2) is 6.37. The van der Waals surface area contributed by atoms with Gasteiger partial charge in [-0.05, 0) is 30.7 Å². The average Bonchev–Trinajstić information content (AvgIpc) is 3.14. The largest absolute Gasteiger partial charge is 0.332 e. The fourth-order valence-corrected chi connectivity index (χ4v) is 2.51. The lowest BCUT2D eigenvalue weighted by molar-refractivity contribution is 0.0873. The van der Waals surface area contributed by atoms with Crippen LogP contribution < -0.4 is 0 Å². The van der Waals surface area contributed by atoms with Crippen molar-refractivity contribution in [2.24, 2.45) is 0 Å². The van der Waals surface area contributed by atoms with E-state index < -0.39 is 0 Å². The van der Waals surface area contributed by atoms with Crippen molar-refractivity contribution >= 4 is 21.8 Å². The number of carbonyl (C=O) groups excluding carboxylic acids is 1. The molecule has 1 amide bonds. The van der Waals surface area contributed by atoms with Crippen LogP contribution in [0.25, 0.3) is 0 Å². The van der Waals surface area contributed by atoms with Crippen LogP contribution >= 0.6 is 15.9 Å². The molecule has 1 heterocycles. The predicted octanol–water partition coefficient (Wildman–Crippen LogP) is 4.24. The molecule has 2 nitrogen and oxygen atoms in total. The third kappa shape index (κ3) is 3.58. The van der Waals surface area contributed by atoms with Crippen molar-refractivity contribution < 1.29 is 4.79 Å². The van der Waals surface area contributed by atoms with Gasteiger partial charge in [-0.1, -0.05) is 48.5 Å². The number of nitrogens with zero attached hydrogens (tertiary/aromatic N) is 1. The number of carbonyl (C=O) groups is 1. The van der Waals surface area contributed by atoms with Gasteiger partial charge in [-0.25, -0.2) is 0 Å². The van der Waals surface area contributed by atoms with E-state index in [2.05, 4.69) is 22.9 Å². The summed E-state index contributed by atoms with van der Waals surface area (Å²) in [6, 6.07) is 8.12. The zero-order chi connectivity index (χ0) is 13.0. The Kier molecular flexibility index (Phi) is 4.81. The molecule has 1 fully saturated rings. The molecule has 1 aromatic carbocycles. The lowest BCUT2D eigenvalue weighted by Crippen LogP contribution is -2.13. The molecule has 1 atom stereocenters. The molecule has 1 saturated heterocycles. The smallest absolute Gasteiger partial charge is 0.254 e. The molecule has 1 unspecified atom stereocenters. The molecule has 3 heteroatoms. The highest BCUT2D eigenvalue weighted by atomic mass is 79.9. The van der Waals surface area contributed by atoms with Gasteiger partial charge in [0.15, 0.2) is 0 Å². The van der Waals surface area contributed by atoms with E-state index in [-0.39, 0.29) is 5.91 Å². The minimum absolute atomic E-state index is 0.183. The number of unbranched alkanes of at least 4 members (excludes halogenated alkanes) is 3. The van der Waals surface area contributed by atoms with Crippen molar-refractivity contribution in [3.05, 3.63) is 34.3 Å². The van der Waals surface area contributed by atoms with Crippen LogP contribution in [0.4, 0.5) is 0 Å². The van der Waals surface area contributed by atoms with Crippen molar-refractivity contribution in [2.45, 2.75) is 45.1 Å². The molecule has 2 rings (SSSR count). The van der Waals surface area contributed by atoms with Gasteiger partial charge in [0.05, 0.1) is 0 Å². The van der Waals surface area contributed by atoms with Crippen LogP contribution in [0.2, 0.25) is 0 Å². The van der Waals surface area contributed by atoms with E-state index in [0.717, 1.165) is 16.6 Å². The van der Waals surface area contributed by atoms with Crippen LogP contribution in [0.15, 0.2) is 28.7 Å². The molecule has 0 spiro atoms. The van der Waals surface area contributed by atoms with Crippen molar-refractivity contribution in [2.75, 3.05) is 6.54 Å². The van der Waals surface area contributed by atoms with E-state index in [0.29, 0.717) is 6.04 Å². The first-order valence-corrected chi connectivity index (χ1v) is 7.58. The van der Waals surface area contributed by atoms with Crippen LogP contribution in [-0.4, -0.2) is 23.4 Å². The van der Waals surface area contributed by atoms with Gasteiger partial charge in [-0.2, -0.15) is 0 Å². The summed E-state index contributed by atoms with van der Waals surface area (Å²) < 4.78 is 1.01. The average molecular weight is 310 g/mol. The van der Waals surface area contributed by atoms with Crippen LogP contribution in [0.1, 0.15) is 49.4 Å². The van der Waals surface area contributed by atoms with E-state index in [1.165, 1.54) is 32.1 Å². The molecule has 0 radical (unpaired) electrons. The van der Waals surface area contributed by atoms with Crippen molar-refractivity contribution in [3.63, 3.8) is 0 Å². The number of amides is 1. The van der Waals surface area contributed by atoms with Gasteiger partial charge in [0.25, 0.3) is 5.91 Å². The summed E-state index contributed by atoms with van der Waals surface area (Å²) in [4.78, 5) is 14.1. The summed E-state index contributed by atoms with van der Waals surface area (Å²) >= 11 is 3.38. The second-order valence-corrected chi connectivity index (χ2v) is 5.88. The van der Waals surface area contributed by atoms with Crippen LogP contribution in [0.3, 0.4) is 0 Å². The van der Waals surface area contributed by atoms with E-state index >= 15 is 0 Å². The monoisotopic (exact) mass is 309 g/mol. The van der Waals surface area contributed by atoms with Crippen LogP contribution in [0, 0.1) is 0 Å². The Balaban J connectivity index is 1.77. The highest BCUT2D eigenvalue weighted by Gasteiger charge is 2.37. The number of halogens is 1. The van der Waals surface area contributed by atoms with Gasteiger partial charge < -0.3 is 4.90 Å². The van der Waals surface area contributed by atoms with E-state index in [4.69, 9.17) is 0 Å². The zero-order valence-corrected chi connectivity index (χ0v) is 12.4. The first-order chi connectivity index (χ1) is 8.72. The molecule has 0 bridgehead atoms. The van der Waals surface area contributed by atoms with E-state index in [1.54, 1.807) is 0 Å². The maximum Gasteiger partial charge on any atom is 0.254 e. The zero-order valence-electron chi connectivity index (χ0n) is 10.9. The summed E-state index contributed by atoms with van der Waals surface area (Å²) in [7, 11) is 0.